The van der Waals surface area contributed by atoms with Gasteiger partial charge in [-0.15, -0.1) is 0 Å². The number of nitrogens with one attached hydrogen (secondary N) is 1. The minimum atomic E-state index is -1.24. The number of aliphatic carboxylic acids is 1. The Bertz CT molecular complexity index is 1690. The summed E-state index contributed by atoms with van der Waals surface area (Å²) >= 11 is 12.2. The molecule has 0 bridgehead atoms. The fourth-order valence-electron chi connectivity index (χ4n) is 3.99. The molecule has 5 rings (SSSR count). The molecule has 3 aromatic carbocycles. The molecule has 5 aromatic rings. The van der Waals surface area contributed by atoms with E-state index in [1.807, 2.05) is 18.2 Å². The number of para-hydroxylation sites is 1. The lowest BCUT2D eigenvalue weighted by Crippen LogP contribution is -2.32. The zero-order valence-electron chi connectivity index (χ0n) is 19.6. The number of rotatable bonds is 8. The van der Waals surface area contributed by atoms with Crippen LogP contribution in [0.15, 0.2) is 78.9 Å². The van der Waals surface area contributed by atoms with Crippen LogP contribution < -0.4 is 10.1 Å². The van der Waals surface area contributed by atoms with Gasteiger partial charge in [-0.25, -0.2) is 19.6 Å². The summed E-state index contributed by atoms with van der Waals surface area (Å²) in [6.45, 7) is 0. The standard InChI is InChI=1S/C28H19Cl2N3O5/c29-18-7-10-22-17(13-18)14-20(27(34)35)26(31-22)32-23(28(36)37)12-15-4-8-19(9-5-15)38-24-11-6-16-2-1-3-21(30)25(16)33-24/h1-11,13-14,23H,12H2,(H,31,32)(H,34,35)(H,36,37)/t23-/m0/s1. The van der Waals surface area contributed by atoms with Crippen molar-refractivity contribution >= 4 is 62.8 Å². The van der Waals surface area contributed by atoms with Gasteiger partial charge in [0.05, 0.1) is 16.1 Å². The molecule has 190 valence electrons. The van der Waals surface area contributed by atoms with E-state index in [2.05, 4.69) is 15.3 Å². The summed E-state index contributed by atoms with van der Waals surface area (Å²) in [6.07, 6.45) is 0.0683. The van der Waals surface area contributed by atoms with Gasteiger partial charge in [-0.1, -0.05) is 47.5 Å². The number of pyridine rings is 2. The molecule has 38 heavy (non-hydrogen) atoms. The van der Waals surface area contributed by atoms with Crippen LogP contribution in [0.1, 0.15) is 15.9 Å². The summed E-state index contributed by atoms with van der Waals surface area (Å²) in [7, 11) is 0. The van der Waals surface area contributed by atoms with Gasteiger partial charge in [0, 0.05) is 28.3 Å². The van der Waals surface area contributed by atoms with Crippen LogP contribution in [0.4, 0.5) is 5.82 Å². The topological polar surface area (TPSA) is 122 Å². The molecule has 1 atom stereocenters. The number of aromatic carboxylic acids is 1. The van der Waals surface area contributed by atoms with E-state index in [9.17, 15) is 19.8 Å². The van der Waals surface area contributed by atoms with Gasteiger partial charge in [-0.2, -0.15) is 0 Å². The molecule has 0 saturated heterocycles. The van der Waals surface area contributed by atoms with Gasteiger partial charge in [0.15, 0.2) is 0 Å². The zero-order valence-corrected chi connectivity index (χ0v) is 21.1. The molecule has 0 fully saturated rings. The molecule has 3 N–H and O–H groups in total. The van der Waals surface area contributed by atoms with Crippen molar-refractivity contribution in [3.63, 3.8) is 0 Å². The van der Waals surface area contributed by atoms with Crippen LogP contribution in [0.5, 0.6) is 11.6 Å². The SMILES string of the molecule is O=C(O)c1cc2cc(Cl)ccc2nc1N[C@@H](Cc1ccc(Oc2ccc3cccc(Cl)c3n2)cc1)C(=O)O. The largest absolute Gasteiger partial charge is 0.480 e. The summed E-state index contributed by atoms with van der Waals surface area (Å²) in [4.78, 5) is 32.7. The first kappa shape index (κ1) is 25.3. The van der Waals surface area contributed by atoms with Gasteiger partial charge in [0.1, 0.15) is 23.2 Å². The predicted octanol–water partition coefficient (Wildman–Crippen LogP) is 6.69. The molecule has 10 heteroatoms. The predicted molar refractivity (Wildman–Crippen MR) is 146 cm³/mol. The molecule has 0 unspecified atom stereocenters. The minimum absolute atomic E-state index is 0.0410. The Hall–Kier alpha value is -4.40. The molecule has 0 aliphatic heterocycles. The summed E-state index contributed by atoms with van der Waals surface area (Å²) < 4.78 is 5.85. The third-order valence-electron chi connectivity index (χ3n) is 5.85. The van der Waals surface area contributed by atoms with Crippen molar-refractivity contribution in [1.82, 2.24) is 9.97 Å². The highest BCUT2D eigenvalue weighted by molar-refractivity contribution is 6.35. The van der Waals surface area contributed by atoms with Gasteiger partial charge in [-0.3, -0.25) is 0 Å². The molecule has 0 saturated carbocycles. The van der Waals surface area contributed by atoms with Crippen molar-refractivity contribution < 1.29 is 24.5 Å². The van der Waals surface area contributed by atoms with Gasteiger partial charge in [-0.05, 0) is 54.1 Å². The smallest absolute Gasteiger partial charge is 0.339 e. The third-order valence-corrected chi connectivity index (χ3v) is 6.39. The van der Waals surface area contributed by atoms with Crippen LogP contribution in [-0.2, 0) is 11.2 Å². The van der Waals surface area contributed by atoms with Crippen molar-refractivity contribution in [1.29, 1.82) is 0 Å². The lowest BCUT2D eigenvalue weighted by Gasteiger charge is -2.17. The highest BCUT2D eigenvalue weighted by Gasteiger charge is 2.22. The van der Waals surface area contributed by atoms with E-state index >= 15 is 0 Å². The van der Waals surface area contributed by atoms with Gasteiger partial charge < -0.3 is 20.3 Å². The van der Waals surface area contributed by atoms with E-state index in [0.717, 1.165) is 5.39 Å². The number of aromatic nitrogens is 2. The number of halogens is 2. The zero-order chi connectivity index (χ0) is 26.8. The molecule has 0 aliphatic carbocycles. The summed E-state index contributed by atoms with van der Waals surface area (Å²) in [5, 5.41) is 24.7. The minimum Gasteiger partial charge on any atom is -0.480 e. The highest BCUT2D eigenvalue weighted by atomic mass is 35.5. The molecule has 0 spiro atoms. The maximum atomic E-state index is 12.0. The van der Waals surface area contributed by atoms with E-state index < -0.39 is 18.0 Å². The summed E-state index contributed by atoms with van der Waals surface area (Å²) in [6, 6.07) is 21.1. The van der Waals surface area contributed by atoms with Gasteiger partial charge >= 0.3 is 11.9 Å². The Morgan fingerprint density at radius 2 is 1.68 bits per heavy atom. The molecule has 8 nitrogen and oxygen atoms in total. The number of carboxylic acid groups (broad SMARTS) is 2. The van der Waals surface area contributed by atoms with Crippen molar-refractivity contribution in [3.8, 4) is 11.6 Å². The molecule has 2 aromatic heterocycles. The Morgan fingerprint density at radius 3 is 2.42 bits per heavy atom. The number of benzene rings is 3. The van der Waals surface area contributed by atoms with Crippen LogP contribution >= 0.6 is 23.2 Å². The summed E-state index contributed by atoms with van der Waals surface area (Å²) in [5.41, 5.74) is 1.65. The average Bonchev–Trinajstić information content (AvgIpc) is 2.89. The van der Waals surface area contributed by atoms with Crippen LogP contribution in [0, 0.1) is 0 Å². The lowest BCUT2D eigenvalue weighted by molar-refractivity contribution is -0.137. The second kappa shape index (κ2) is 10.5. The maximum Gasteiger partial charge on any atom is 0.339 e. The fraction of sp³-hybridized carbons (Fsp3) is 0.0714. The van der Waals surface area contributed by atoms with E-state index in [1.165, 1.54) is 6.07 Å². The van der Waals surface area contributed by atoms with Crippen molar-refractivity contribution in [2.75, 3.05) is 5.32 Å². The molecule has 0 amide bonds. The Labute approximate surface area is 226 Å². The van der Waals surface area contributed by atoms with Crippen LogP contribution in [-0.4, -0.2) is 38.2 Å². The Kier molecular flexibility index (Phi) is 7.00. The van der Waals surface area contributed by atoms with Crippen molar-refractivity contribution in [2.45, 2.75) is 12.5 Å². The second-order valence-corrected chi connectivity index (χ2v) is 9.32. The quantitative estimate of drug-likeness (QED) is 0.196. The second-order valence-electron chi connectivity index (χ2n) is 8.47. The van der Waals surface area contributed by atoms with Gasteiger partial charge in [0.2, 0.25) is 5.88 Å². The number of nitrogens with zero attached hydrogens (tertiary/aromatic N) is 2. The molecule has 2 heterocycles. The number of hydrogen-bond donors (Lipinski definition) is 3. The number of carboxylic acids is 2. The van der Waals surface area contributed by atoms with E-state index in [4.69, 9.17) is 27.9 Å². The average molecular weight is 548 g/mol. The monoisotopic (exact) mass is 547 g/mol. The fourth-order valence-corrected chi connectivity index (χ4v) is 4.39. The van der Waals surface area contributed by atoms with Crippen LogP contribution in [0.3, 0.4) is 0 Å². The lowest BCUT2D eigenvalue weighted by atomic mass is 10.0. The normalized spacial score (nSPS) is 11.8. The highest BCUT2D eigenvalue weighted by Crippen LogP contribution is 2.28. The molecule has 0 aliphatic rings. The number of anilines is 1. The van der Waals surface area contributed by atoms with Crippen LogP contribution in [0.2, 0.25) is 10.0 Å². The number of carbonyl (C=O) groups is 2. The van der Waals surface area contributed by atoms with Gasteiger partial charge in [0.25, 0.3) is 0 Å². The Balaban J connectivity index is 1.34. The van der Waals surface area contributed by atoms with Crippen molar-refractivity contribution in [2.24, 2.45) is 0 Å². The molecular formula is C28H19Cl2N3O5. The summed E-state index contributed by atoms with van der Waals surface area (Å²) in [5.74, 6) is -1.56. The van der Waals surface area contributed by atoms with Crippen LogP contribution in [0.25, 0.3) is 21.8 Å². The Morgan fingerprint density at radius 1 is 0.895 bits per heavy atom. The van der Waals surface area contributed by atoms with E-state index in [1.54, 1.807) is 54.6 Å². The third kappa shape index (κ3) is 5.46. The first-order chi connectivity index (χ1) is 18.3. The molecular weight excluding hydrogens is 529 g/mol. The van der Waals surface area contributed by atoms with E-state index in [0.29, 0.717) is 43.7 Å². The number of fused-ring (bicyclic) bond motifs is 2. The number of ether oxygens (including phenoxy) is 1. The molecule has 0 radical (unpaired) electrons. The maximum absolute atomic E-state index is 12.0. The first-order valence-corrected chi connectivity index (χ1v) is 12.2. The first-order valence-electron chi connectivity index (χ1n) is 11.4. The van der Waals surface area contributed by atoms with E-state index in [-0.39, 0.29) is 17.8 Å². The van der Waals surface area contributed by atoms with Crippen molar-refractivity contribution in [3.05, 3.63) is 100 Å². The number of hydrogen-bond acceptors (Lipinski definition) is 6.